The van der Waals surface area contributed by atoms with Crippen molar-refractivity contribution in [2.75, 3.05) is 0 Å². The molecule has 1 N–H and O–H groups in total. The Balaban J connectivity index is 2.65. The summed E-state index contributed by atoms with van der Waals surface area (Å²) in [5, 5.41) is 11.0. The molecule has 0 aliphatic rings. The number of diazo groups is 1. The molecule has 0 aliphatic heterocycles. The minimum absolute atomic E-state index is 0.115. The Hall–Kier alpha value is -2.35. The van der Waals surface area contributed by atoms with Crippen molar-refractivity contribution in [1.29, 1.82) is 5.39 Å². The van der Waals surface area contributed by atoms with E-state index in [2.05, 4.69) is 14.7 Å². The summed E-state index contributed by atoms with van der Waals surface area (Å²) in [5.74, 6) is 0. The summed E-state index contributed by atoms with van der Waals surface area (Å²) in [6.07, 6.45) is 0. The molecule has 0 saturated heterocycles. The van der Waals surface area contributed by atoms with Crippen LogP contribution >= 0.6 is 0 Å². The average molecular weight is 188 g/mol. The first-order chi connectivity index (χ1) is 6.83. The quantitative estimate of drug-likeness (QED) is 0.696. The van der Waals surface area contributed by atoms with Crippen molar-refractivity contribution in [1.82, 2.24) is 5.16 Å². The molecule has 68 valence electrons. The summed E-state index contributed by atoms with van der Waals surface area (Å²) in [6, 6.07) is 9.01. The summed E-state index contributed by atoms with van der Waals surface area (Å²) < 4.78 is 4.51. The molecular weight excluding hydrogens is 182 g/mol. The molecule has 5 nitrogen and oxygen atoms in total. The summed E-state index contributed by atoms with van der Waals surface area (Å²) >= 11 is 0. The van der Waals surface area contributed by atoms with Gasteiger partial charge in [0.1, 0.15) is 0 Å². The van der Waals surface area contributed by atoms with Gasteiger partial charge in [-0.3, -0.25) is 0 Å². The molecule has 0 bridgehead atoms. The van der Waals surface area contributed by atoms with Gasteiger partial charge >= 0.3 is 11.3 Å². The Bertz CT molecular complexity index is 533. The minimum Gasteiger partial charge on any atom is -0.331 e. The van der Waals surface area contributed by atoms with E-state index in [0.717, 1.165) is 5.56 Å². The third kappa shape index (κ3) is 1.19. The number of H-pyrrole nitrogens is 1. The predicted octanol–water partition coefficient (Wildman–Crippen LogP) is 2.12. The van der Waals surface area contributed by atoms with E-state index in [-0.39, 0.29) is 5.69 Å². The lowest BCUT2D eigenvalue weighted by atomic mass is 10.1. The Labute approximate surface area is 78.6 Å². The van der Waals surface area contributed by atoms with E-state index < -0.39 is 5.63 Å². The van der Waals surface area contributed by atoms with Gasteiger partial charge in [-0.2, -0.15) is 0 Å². The molecule has 1 heterocycles. The van der Waals surface area contributed by atoms with Crippen LogP contribution in [0.4, 0.5) is 5.69 Å². The molecule has 5 heteroatoms. The van der Waals surface area contributed by atoms with Crippen LogP contribution in [0.25, 0.3) is 16.2 Å². The van der Waals surface area contributed by atoms with Gasteiger partial charge in [-0.15, -0.1) is 0 Å². The van der Waals surface area contributed by atoms with Crippen molar-refractivity contribution >= 4 is 5.69 Å². The van der Waals surface area contributed by atoms with Crippen molar-refractivity contribution in [3.63, 3.8) is 0 Å². The highest BCUT2D eigenvalue weighted by molar-refractivity contribution is 5.73. The van der Waals surface area contributed by atoms with E-state index in [1.807, 2.05) is 18.2 Å². The molecule has 0 radical (unpaired) electrons. The van der Waals surface area contributed by atoms with Crippen LogP contribution in [-0.4, -0.2) is 5.16 Å². The van der Waals surface area contributed by atoms with E-state index in [1.54, 1.807) is 12.1 Å². The molecule has 0 unspecified atom stereocenters. The van der Waals surface area contributed by atoms with Crippen molar-refractivity contribution in [2.24, 2.45) is 0 Å². The highest BCUT2D eigenvalue weighted by Crippen LogP contribution is 2.24. The fraction of sp³-hybridized carbons (Fsp3) is 0. The summed E-state index contributed by atoms with van der Waals surface area (Å²) in [6.45, 7) is 0. The largest absolute Gasteiger partial charge is 0.497 e. The van der Waals surface area contributed by atoms with Gasteiger partial charge in [0.05, 0.1) is 0 Å². The van der Waals surface area contributed by atoms with Crippen LogP contribution in [0.3, 0.4) is 0 Å². The highest BCUT2D eigenvalue weighted by atomic mass is 16.5. The van der Waals surface area contributed by atoms with Crippen LogP contribution in [0.5, 0.6) is 0 Å². The normalized spacial score (nSPS) is 9.64. The van der Waals surface area contributed by atoms with Gasteiger partial charge < -0.3 is 4.52 Å². The first kappa shape index (κ1) is 8.26. The van der Waals surface area contributed by atoms with Gasteiger partial charge in [0.15, 0.2) is 10.7 Å². The van der Waals surface area contributed by atoms with Crippen LogP contribution in [0.1, 0.15) is 0 Å². The predicted molar refractivity (Wildman–Crippen MR) is 49.5 cm³/mol. The lowest BCUT2D eigenvalue weighted by molar-refractivity contribution is 0.394. The highest BCUT2D eigenvalue weighted by Gasteiger charge is 2.25. The molecule has 0 saturated carbocycles. The van der Waals surface area contributed by atoms with Gasteiger partial charge in [-0.05, 0) is 0 Å². The number of aromatic amines is 1. The van der Waals surface area contributed by atoms with Gasteiger partial charge in [0.25, 0.3) is 0 Å². The number of nitrogens with one attached hydrogen (secondary N) is 1. The maximum Gasteiger partial charge on any atom is 0.497 e. The number of benzene rings is 1. The van der Waals surface area contributed by atoms with E-state index in [0.29, 0.717) is 5.69 Å². The summed E-state index contributed by atoms with van der Waals surface area (Å²) in [4.78, 5) is 13.9. The SMILES string of the molecule is N#[N+]c1c(-c2ccccc2)[nH]oc1=O. The molecule has 2 aromatic rings. The number of hydrogen-bond donors (Lipinski definition) is 1. The third-order valence-corrected chi connectivity index (χ3v) is 1.84. The maximum atomic E-state index is 11.0. The number of aromatic nitrogens is 1. The van der Waals surface area contributed by atoms with Gasteiger partial charge in [0, 0.05) is 5.56 Å². The topological polar surface area (TPSA) is 74.2 Å². The molecule has 0 fully saturated rings. The minimum atomic E-state index is -0.689. The fourth-order valence-corrected chi connectivity index (χ4v) is 1.19. The van der Waals surface area contributed by atoms with Crippen LogP contribution in [0.2, 0.25) is 0 Å². The van der Waals surface area contributed by atoms with Crippen LogP contribution in [-0.2, 0) is 0 Å². The zero-order chi connectivity index (χ0) is 9.97. The number of rotatable bonds is 1. The Kier molecular flexibility index (Phi) is 1.88. The molecular formula is C9H6N3O2+. The zero-order valence-corrected chi connectivity index (χ0v) is 7.10. The molecule has 14 heavy (non-hydrogen) atoms. The van der Waals surface area contributed by atoms with E-state index in [9.17, 15) is 4.79 Å². The fourth-order valence-electron chi connectivity index (χ4n) is 1.19. The van der Waals surface area contributed by atoms with Crippen LogP contribution in [0.15, 0.2) is 39.6 Å². The van der Waals surface area contributed by atoms with Gasteiger partial charge in [-0.25, -0.2) is 9.95 Å². The lowest BCUT2D eigenvalue weighted by Gasteiger charge is -1.90. The first-order valence-electron chi connectivity index (χ1n) is 3.95. The lowest BCUT2D eigenvalue weighted by Crippen LogP contribution is -1.88. The second-order valence-electron chi connectivity index (χ2n) is 2.68. The smallest absolute Gasteiger partial charge is 0.331 e. The zero-order valence-electron chi connectivity index (χ0n) is 7.10. The van der Waals surface area contributed by atoms with Crippen molar-refractivity contribution in [3.05, 3.63) is 45.7 Å². The summed E-state index contributed by atoms with van der Waals surface area (Å²) in [5.41, 5.74) is 0.298. The van der Waals surface area contributed by atoms with Gasteiger partial charge in [-0.1, -0.05) is 30.3 Å². The Morgan fingerprint density at radius 1 is 1.29 bits per heavy atom. The molecule has 0 atom stereocenters. The molecule has 2 rings (SSSR count). The second kappa shape index (κ2) is 3.18. The second-order valence-corrected chi connectivity index (χ2v) is 2.68. The number of hydrogen-bond acceptors (Lipinski definition) is 3. The van der Waals surface area contributed by atoms with E-state index in [4.69, 9.17) is 5.39 Å². The Morgan fingerprint density at radius 3 is 2.64 bits per heavy atom. The molecule has 1 aromatic carbocycles. The number of nitrogens with zero attached hydrogens (tertiary/aromatic N) is 2. The third-order valence-electron chi connectivity index (χ3n) is 1.84. The van der Waals surface area contributed by atoms with Crippen molar-refractivity contribution in [3.8, 4) is 11.3 Å². The molecule has 1 aromatic heterocycles. The average Bonchev–Trinajstić information content (AvgIpc) is 2.61. The maximum absolute atomic E-state index is 11.0. The Morgan fingerprint density at radius 2 is 2.00 bits per heavy atom. The van der Waals surface area contributed by atoms with Crippen LogP contribution < -0.4 is 5.63 Å². The molecule has 0 aliphatic carbocycles. The van der Waals surface area contributed by atoms with E-state index >= 15 is 0 Å². The molecule has 0 amide bonds. The van der Waals surface area contributed by atoms with Gasteiger partial charge in [0.2, 0.25) is 5.39 Å². The van der Waals surface area contributed by atoms with Crippen molar-refractivity contribution in [2.45, 2.75) is 0 Å². The van der Waals surface area contributed by atoms with E-state index in [1.165, 1.54) is 0 Å². The van der Waals surface area contributed by atoms with Crippen LogP contribution in [0, 0.1) is 5.39 Å². The monoisotopic (exact) mass is 188 g/mol. The van der Waals surface area contributed by atoms with Crippen molar-refractivity contribution < 1.29 is 4.52 Å². The molecule has 0 spiro atoms. The first-order valence-corrected chi connectivity index (χ1v) is 3.95. The summed E-state index contributed by atoms with van der Waals surface area (Å²) in [7, 11) is 0. The standard InChI is InChI=1S/C9H5N3O2/c10-11-8-7(12-14-9(8)13)6-4-2-1-3-5-6/h1-5H/p+1.